The first-order valence-electron chi connectivity index (χ1n) is 9.67. The Morgan fingerprint density at radius 2 is 1.43 bits per heavy atom. The zero-order chi connectivity index (χ0) is 19.4. The molecular formula is C25H23ClN2. The van der Waals surface area contributed by atoms with E-state index >= 15 is 0 Å². The van der Waals surface area contributed by atoms with E-state index in [1.54, 1.807) is 0 Å². The van der Waals surface area contributed by atoms with Crippen molar-refractivity contribution in [1.29, 1.82) is 5.26 Å². The first kappa shape index (κ1) is 18.7. The zero-order valence-electron chi connectivity index (χ0n) is 15.8. The average molecular weight is 387 g/mol. The predicted octanol–water partition coefficient (Wildman–Crippen LogP) is 5.82. The van der Waals surface area contributed by atoms with Gasteiger partial charge in [0.05, 0.1) is 11.5 Å². The molecule has 0 aliphatic heterocycles. The molecule has 140 valence electrons. The summed E-state index contributed by atoms with van der Waals surface area (Å²) in [5.41, 5.74) is 3.34. The first-order valence-corrected chi connectivity index (χ1v) is 10.0. The van der Waals surface area contributed by atoms with Crippen molar-refractivity contribution in [2.75, 3.05) is 6.54 Å². The third-order valence-corrected chi connectivity index (χ3v) is 5.89. The number of hydrogen-bond acceptors (Lipinski definition) is 2. The van der Waals surface area contributed by atoms with Gasteiger partial charge in [0.25, 0.3) is 0 Å². The highest BCUT2D eigenvalue weighted by atomic mass is 35.5. The van der Waals surface area contributed by atoms with Gasteiger partial charge >= 0.3 is 0 Å². The third kappa shape index (κ3) is 4.12. The number of nitriles is 1. The fourth-order valence-electron chi connectivity index (χ4n) is 4.03. The number of rotatable bonds is 7. The number of hydrogen-bond donors (Lipinski definition) is 0. The molecule has 4 rings (SSSR count). The lowest BCUT2D eigenvalue weighted by Crippen LogP contribution is -2.27. The molecule has 3 heteroatoms. The van der Waals surface area contributed by atoms with Crippen molar-refractivity contribution in [3.63, 3.8) is 0 Å². The van der Waals surface area contributed by atoms with Crippen molar-refractivity contribution < 1.29 is 0 Å². The Labute approximate surface area is 172 Å². The molecule has 0 N–H and O–H groups in total. The van der Waals surface area contributed by atoms with Crippen LogP contribution in [0.4, 0.5) is 0 Å². The molecule has 0 radical (unpaired) electrons. The van der Waals surface area contributed by atoms with Gasteiger partial charge in [0.2, 0.25) is 0 Å². The maximum atomic E-state index is 9.92. The quantitative estimate of drug-likeness (QED) is 0.511. The van der Waals surface area contributed by atoms with Crippen LogP contribution in [0.1, 0.15) is 23.1 Å². The van der Waals surface area contributed by atoms with E-state index in [-0.39, 0.29) is 5.41 Å². The summed E-state index contributed by atoms with van der Waals surface area (Å²) in [5, 5.41) is 10.7. The SMILES string of the molecule is N#C[C@]1(c2ccccc2)C[C@H]1CN(Cc1ccccc1)Cc1ccc(Cl)cc1. The summed E-state index contributed by atoms with van der Waals surface area (Å²) >= 11 is 6.05. The summed E-state index contributed by atoms with van der Waals surface area (Å²) in [6.07, 6.45) is 0.930. The van der Waals surface area contributed by atoms with Gasteiger partial charge in [0, 0.05) is 24.7 Å². The molecule has 0 aromatic heterocycles. The highest BCUT2D eigenvalue weighted by Crippen LogP contribution is 2.54. The van der Waals surface area contributed by atoms with Crippen LogP contribution >= 0.6 is 11.6 Å². The number of halogens is 1. The predicted molar refractivity (Wildman–Crippen MR) is 114 cm³/mol. The maximum Gasteiger partial charge on any atom is 0.0867 e. The lowest BCUT2D eigenvalue weighted by molar-refractivity contribution is 0.241. The molecule has 0 amide bonds. The van der Waals surface area contributed by atoms with Gasteiger partial charge in [0.15, 0.2) is 0 Å². The smallest absolute Gasteiger partial charge is 0.0867 e. The first-order chi connectivity index (χ1) is 13.7. The lowest BCUT2D eigenvalue weighted by atomic mass is 9.94. The van der Waals surface area contributed by atoms with Crippen molar-refractivity contribution in [3.05, 3.63) is 107 Å². The normalized spacial score (nSPS) is 20.7. The minimum atomic E-state index is -0.337. The molecule has 28 heavy (non-hydrogen) atoms. The van der Waals surface area contributed by atoms with E-state index < -0.39 is 0 Å². The van der Waals surface area contributed by atoms with Crippen molar-refractivity contribution >= 4 is 11.6 Å². The molecule has 0 saturated heterocycles. The van der Waals surface area contributed by atoms with E-state index in [2.05, 4.69) is 59.5 Å². The highest BCUT2D eigenvalue weighted by molar-refractivity contribution is 6.30. The van der Waals surface area contributed by atoms with E-state index in [1.807, 2.05) is 36.4 Å². The molecule has 1 fully saturated rings. The highest BCUT2D eigenvalue weighted by Gasteiger charge is 2.56. The Kier molecular flexibility index (Phi) is 5.48. The summed E-state index contributed by atoms with van der Waals surface area (Å²) < 4.78 is 0. The van der Waals surface area contributed by atoms with Gasteiger partial charge in [-0.05, 0) is 41.2 Å². The van der Waals surface area contributed by atoms with Gasteiger partial charge in [-0.15, -0.1) is 0 Å². The van der Waals surface area contributed by atoms with E-state index in [1.165, 1.54) is 11.1 Å². The van der Waals surface area contributed by atoms with Crippen LogP contribution in [0, 0.1) is 17.2 Å². The van der Waals surface area contributed by atoms with E-state index in [0.29, 0.717) is 5.92 Å². The van der Waals surface area contributed by atoms with E-state index in [4.69, 9.17) is 11.6 Å². The minimum absolute atomic E-state index is 0.337. The second kappa shape index (κ2) is 8.19. The second-order valence-corrected chi connectivity index (χ2v) is 8.07. The summed E-state index contributed by atoms with van der Waals surface area (Å²) in [7, 11) is 0. The van der Waals surface area contributed by atoms with Crippen LogP contribution in [-0.4, -0.2) is 11.4 Å². The summed E-state index contributed by atoms with van der Waals surface area (Å²) in [6, 6.07) is 31.4. The maximum absolute atomic E-state index is 9.92. The van der Waals surface area contributed by atoms with Crippen molar-refractivity contribution in [2.45, 2.75) is 24.9 Å². The topological polar surface area (TPSA) is 27.0 Å². The van der Waals surface area contributed by atoms with Crippen molar-refractivity contribution in [2.24, 2.45) is 5.92 Å². The van der Waals surface area contributed by atoms with Gasteiger partial charge in [0.1, 0.15) is 0 Å². The van der Waals surface area contributed by atoms with Crippen LogP contribution in [0.2, 0.25) is 5.02 Å². The monoisotopic (exact) mass is 386 g/mol. The molecule has 1 aliphatic carbocycles. The minimum Gasteiger partial charge on any atom is -0.294 e. The molecular weight excluding hydrogens is 364 g/mol. The van der Waals surface area contributed by atoms with Crippen LogP contribution in [-0.2, 0) is 18.5 Å². The van der Waals surface area contributed by atoms with Gasteiger partial charge in [-0.2, -0.15) is 5.26 Å². The molecule has 1 aliphatic rings. The third-order valence-electron chi connectivity index (χ3n) is 5.64. The Morgan fingerprint density at radius 1 is 0.857 bits per heavy atom. The molecule has 1 saturated carbocycles. The molecule has 3 aromatic carbocycles. The second-order valence-electron chi connectivity index (χ2n) is 7.63. The Morgan fingerprint density at radius 3 is 2.04 bits per heavy atom. The van der Waals surface area contributed by atoms with Crippen LogP contribution in [0.25, 0.3) is 0 Å². The van der Waals surface area contributed by atoms with Crippen LogP contribution in [0.5, 0.6) is 0 Å². The molecule has 0 unspecified atom stereocenters. The van der Waals surface area contributed by atoms with E-state index in [9.17, 15) is 5.26 Å². The molecule has 0 heterocycles. The van der Waals surface area contributed by atoms with Crippen LogP contribution in [0.3, 0.4) is 0 Å². The standard InChI is InChI=1S/C25H23ClN2/c26-24-13-11-21(12-14-24)17-28(16-20-7-3-1-4-8-20)18-23-15-25(23,19-27)22-9-5-2-6-10-22/h1-14,23H,15-18H2/t23-,25-/m0/s1. The number of nitrogens with zero attached hydrogens (tertiary/aromatic N) is 2. The Balaban J connectivity index is 1.52. The van der Waals surface area contributed by atoms with Gasteiger partial charge in [-0.1, -0.05) is 84.4 Å². The molecule has 0 bridgehead atoms. The zero-order valence-corrected chi connectivity index (χ0v) is 16.5. The van der Waals surface area contributed by atoms with Crippen LogP contribution in [0.15, 0.2) is 84.9 Å². The van der Waals surface area contributed by atoms with E-state index in [0.717, 1.165) is 36.6 Å². The van der Waals surface area contributed by atoms with Gasteiger partial charge in [-0.3, -0.25) is 4.90 Å². The van der Waals surface area contributed by atoms with Crippen molar-refractivity contribution in [1.82, 2.24) is 4.90 Å². The summed E-state index contributed by atoms with van der Waals surface area (Å²) in [6.45, 7) is 2.62. The molecule has 2 atom stereocenters. The van der Waals surface area contributed by atoms with Gasteiger partial charge < -0.3 is 0 Å². The average Bonchev–Trinajstić information content (AvgIpc) is 3.45. The molecule has 3 aromatic rings. The van der Waals surface area contributed by atoms with Crippen LogP contribution < -0.4 is 0 Å². The van der Waals surface area contributed by atoms with Gasteiger partial charge in [-0.25, -0.2) is 0 Å². The fraction of sp³-hybridized carbons (Fsp3) is 0.240. The molecule has 2 nitrogen and oxygen atoms in total. The largest absolute Gasteiger partial charge is 0.294 e. The Hall–Kier alpha value is -2.60. The molecule has 0 spiro atoms. The lowest BCUT2D eigenvalue weighted by Gasteiger charge is -2.24. The number of benzene rings is 3. The van der Waals surface area contributed by atoms with Crippen molar-refractivity contribution in [3.8, 4) is 6.07 Å². The summed E-state index contributed by atoms with van der Waals surface area (Å²) in [5.74, 6) is 0.357. The fourth-order valence-corrected chi connectivity index (χ4v) is 4.15. The Bertz CT molecular complexity index is 947. The summed E-state index contributed by atoms with van der Waals surface area (Å²) in [4.78, 5) is 2.45.